The summed E-state index contributed by atoms with van der Waals surface area (Å²) in [6, 6.07) is 16.1. The van der Waals surface area contributed by atoms with E-state index in [4.69, 9.17) is 14.2 Å². The van der Waals surface area contributed by atoms with Gasteiger partial charge in [0.2, 0.25) is 0 Å². The molecule has 1 fully saturated rings. The van der Waals surface area contributed by atoms with Crippen molar-refractivity contribution >= 4 is 35.0 Å². The molecule has 0 N–H and O–H groups in total. The lowest BCUT2D eigenvalue weighted by atomic mass is 10.2. The summed E-state index contributed by atoms with van der Waals surface area (Å²) in [6.07, 6.45) is 1.65. The average molecular weight is 427 g/mol. The lowest BCUT2D eigenvalue weighted by Crippen LogP contribution is -2.32. The zero-order valence-corrected chi connectivity index (χ0v) is 17.2. The number of rotatable bonds is 9. The highest BCUT2D eigenvalue weighted by molar-refractivity contribution is 8.18. The number of carbonyl (C=O) groups is 3. The Bertz CT molecular complexity index is 926. The predicted molar refractivity (Wildman–Crippen MR) is 113 cm³/mol. The van der Waals surface area contributed by atoms with Crippen LogP contribution in [0.2, 0.25) is 0 Å². The Hall–Kier alpha value is -3.26. The van der Waals surface area contributed by atoms with Crippen molar-refractivity contribution in [3.8, 4) is 11.5 Å². The summed E-state index contributed by atoms with van der Waals surface area (Å²) in [7, 11) is 0. The van der Waals surface area contributed by atoms with E-state index in [1.54, 1.807) is 37.3 Å². The van der Waals surface area contributed by atoms with Gasteiger partial charge in [-0.15, -0.1) is 0 Å². The normalized spacial score (nSPS) is 14.8. The molecular weight excluding hydrogens is 406 g/mol. The molecule has 0 unspecified atom stereocenters. The van der Waals surface area contributed by atoms with Crippen molar-refractivity contribution < 1.29 is 28.6 Å². The summed E-state index contributed by atoms with van der Waals surface area (Å²) in [5, 5.41) is -0.322. The van der Waals surface area contributed by atoms with Crippen LogP contribution in [0.5, 0.6) is 11.5 Å². The van der Waals surface area contributed by atoms with Gasteiger partial charge in [0.15, 0.2) is 6.61 Å². The van der Waals surface area contributed by atoms with E-state index < -0.39 is 5.97 Å². The summed E-state index contributed by atoms with van der Waals surface area (Å²) in [6.45, 7) is 2.26. The Labute approximate surface area is 178 Å². The van der Waals surface area contributed by atoms with E-state index in [2.05, 4.69) is 0 Å². The van der Waals surface area contributed by atoms with E-state index in [1.165, 1.54) is 4.90 Å². The summed E-state index contributed by atoms with van der Waals surface area (Å²) in [4.78, 5) is 37.6. The minimum absolute atomic E-state index is 0.170. The van der Waals surface area contributed by atoms with E-state index in [0.29, 0.717) is 23.0 Å². The van der Waals surface area contributed by atoms with Gasteiger partial charge in [0.1, 0.15) is 18.1 Å². The van der Waals surface area contributed by atoms with Gasteiger partial charge in [-0.2, -0.15) is 0 Å². The number of ether oxygens (including phenoxy) is 3. The number of carbonyl (C=O) groups excluding carboxylic acids is 3. The van der Waals surface area contributed by atoms with E-state index in [9.17, 15) is 14.4 Å². The number of nitrogens with zero attached hydrogens (tertiary/aromatic N) is 1. The van der Waals surface area contributed by atoms with Crippen LogP contribution in [0.3, 0.4) is 0 Å². The second-order valence-corrected chi connectivity index (χ2v) is 7.15. The third-order valence-corrected chi connectivity index (χ3v) is 4.95. The molecule has 1 aliphatic rings. The second-order valence-electron chi connectivity index (χ2n) is 6.16. The van der Waals surface area contributed by atoms with E-state index in [1.807, 2.05) is 30.3 Å². The summed E-state index contributed by atoms with van der Waals surface area (Å²) < 4.78 is 15.7. The first kappa shape index (κ1) is 21.4. The van der Waals surface area contributed by atoms with Crippen LogP contribution in [0, 0.1) is 0 Å². The maximum absolute atomic E-state index is 12.6. The van der Waals surface area contributed by atoms with Gasteiger partial charge in [-0.1, -0.05) is 30.3 Å². The third kappa shape index (κ3) is 5.87. The number of amides is 2. The highest BCUT2D eigenvalue weighted by atomic mass is 32.2. The third-order valence-electron chi connectivity index (χ3n) is 4.04. The Morgan fingerprint density at radius 1 is 1.00 bits per heavy atom. The van der Waals surface area contributed by atoms with Crippen LogP contribution in [0.4, 0.5) is 4.79 Å². The summed E-state index contributed by atoms with van der Waals surface area (Å²) in [5.74, 6) is 0.410. The van der Waals surface area contributed by atoms with Gasteiger partial charge in [0.25, 0.3) is 11.1 Å². The minimum atomic E-state index is -0.438. The molecule has 2 amide bonds. The molecule has 8 heteroatoms. The van der Waals surface area contributed by atoms with Crippen LogP contribution in [0.1, 0.15) is 12.5 Å². The number of thioether (sulfide) groups is 1. The molecule has 0 bridgehead atoms. The molecule has 0 aromatic heterocycles. The maximum atomic E-state index is 12.6. The standard InChI is InChI=1S/C22H21NO6S/c1-2-27-20(24)15-29-18-10-8-16(9-11-18)14-19-21(25)23(22(26)30-19)12-13-28-17-6-4-3-5-7-17/h3-11,14H,2,12-13,15H2,1H3. The molecule has 156 valence electrons. The molecule has 2 aromatic carbocycles. The molecule has 0 radical (unpaired) electrons. The van der Waals surface area contributed by atoms with Gasteiger partial charge in [-0.25, -0.2) is 4.79 Å². The fourth-order valence-corrected chi connectivity index (χ4v) is 3.49. The highest BCUT2D eigenvalue weighted by Crippen LogP contribution is 2.32. The van der Waals surface area contributed by atoms with Gasteiger partial charge in [-0.05, 0) is 54.6 Å². The predicted octanol–water partition coefficient (Wildman–Crippen LogP) is 3.74. The molecule has 1 heterocycles. The van der Waals surface area contributed by atoms with Crippen LogP contribution in [-0.4, -0.2) is 48.4 Å². The van der Waals surface area contributed by atoms with E-state index in [0.717, 1.165) is 17.3 Å². The average Bonchev–Trinajstić information content (AvgIpc) is 3.01. The Morgan fingerprint density at radius 2 is 1.70 bits per heavy atom. The van der Waals surface area contributed by atoms with Gasteiger partial charge < -0.3 is 14.2 Å². The molecule has 0 saturated carbocycles. The van der Waals surface area contributed by atoms with Crippen LogP contribution in [0.25, 0.3) is 6.08 Å². The van der Waals surface area contributed by atoms with Crippen LogP contribution >= 0.6 is 11.8 Å². The fourth-order valence-electron chi connectivity index (χ4n) is 2.62. The highest BCUT2D eigenvalue weighted by Gasteiger charge is 2.34. The molecular formula is C22H21NO6S. The second kappa shape index (κ2) is 10.5. The maximum Gasteiger partial charge on any atom is 0.344 e. The summed E-state index contributed by atoms with van der Waals surface area (Å²) in [5.41, 5.74) is 0.740. The minimum Gasteiger partial charge on any atom is -0.492 e. The number of benzene rings is 2. The quantitative estimate of drug-likeness (QED) is 0.445. The molecule has 0 atom stereocenters. The van der Waals surface area contributed by atoms with Crippen molar-refractivity contribution in [2.75, 3.05) is 26.4 Å². The molecule has 0 aliphatic carbocycles. The van der Waals surface area contributed by atoms with Gasteiger partial charge in [-0.3, -0.25) is 14.5 Å². The number of hydrogen-bond donors (Lipinski definition) is 0. The van der Waals surface area contributed by atoms with E-state index >= 15 is 0 Å². The summed E-state index contributed by atoms with van der Waals surface area (Å²) >= 11 is 0.897. The van der Waals surface area contributed by atoms with Crippen molar-refractivity contribution in [2.24, 2.45) is 0 Å². The lowest BCUT2D eigenvalue weighted by molar-refractivity contribution is -0.145. The van der Waals surface area contributed by atoms with Crippen molar-refractivity contribution in [1.29, 1.82) is 0 Å². The van der Waals surface area contributed by atoms with Gasteiger partial charge >= 0.3 is 5.97 Å². The number of hydrogen-bond acceptors (Lipinski definition) is 7. The topological polar surface area (TPSA) is 82.1 Å². The SMILES string of the molecule is CCOC(=O)COc1ccc(C=C2SC(=O)N(CCOc3ccccc3)C2=O)cc1. The molecule has 1 aliphatic heterocycles. The van der Waals surface area contributed by atoms with Crippen molar-refractivity contribution in [2.45, 2.75) is 6.92 Å². The fraction of sp³-hybridized carbons (Fsp3) is 0.227. The first-order chi connectivity index (χ1) is 14.6. The Balaban J connectivity index is 1.54. The molecule has 3 rings (SSSR count). The lowest BCUT2D eigenvalue weighted by Gasteiger charge is -2.13. The number of para-hydroxylation sites is 1. The van der Waals surface area contributed by atoms with Gasteiger partial charge in [0, 0.05) is 0 Å². The largest absolute Gasteiger partial charge is 0.492 e. The van der Waals surface area contributed by atoms with Crippen molar-refractivity contribution in [3.05, 3.63) is 65.1 Å². The van der Waals surface area contributed by atoms with Crippen LogP contribution in [-0.2, 0) is 14.3 Å². The molecule has 7 nitrogen and oxygen atoms in total. The molecule has 0 spiro atoms. The first-order valence-corrected chi connectivity index (χ1v) is 10.2. The smallest absolute Gasteiger partial charge is 0.344 e. The van der Waals surface area contributed by atoms with E-state index in [-0.39, 0.29) is 30.9 Å². The zero-order chi connectivity index (χ0) is 21.3. The van der Waals surface area contributed by atoms with Crippen molar-refractivity contribution in [3.63, 3.8) is 0 Å². The van der Waals surface area contributed by atoms with Crippen molar-refractivity contribution in [1.82, 2.24) is 4.90 Å². The Morgan fingerprint density at radius 3 is 2.40 bits per heavy atom. The zero-order valence-electron chi connectivity index (χ0n) is 16.4. The van der Waals surface area contributed by atoms with Gasteiger partial charge in [0.05, 0.1) is 18.1 Å². The molecule has 1 saturated heterocycles. The number of imide groups is 1. The first-order valence-electron chi connectivity index (χ1n) is 9.38. The number of esters is 1. The Kier molecular flexibility index (Phi) is 7.51. The molecule has 30 heavy (non-hydrogen) atoms. The molecule has 2 aromatic rings. The van der Waals surface area contributed by atoms with Crippen LogP contribution in [0.15, 0.2) is 59.5 Å². The monoisotopic (exact) mass is 427 g/mol. The van der Waals surface area contributed by atoms with Crippen LogP contribution < -0.4 is 9.47 Å².